The van der Waals surface area contributed by atoms with Crippen LogP contribution in [0.3, 0.4) is 0 Å². The van der Waals surface area contributed by atoms with Crippen LogP contribution < -0.4 is 0 Å². The summed E-state index contributed by atoms with van der Waals surface area (Å²) in [5.41, 5.74) is 4.77. The van der Waals surface area contributed by atoms with Crippen molar-refractivity contribution in [2.75, 3.05) is 13.1 Å². The molecule has 0 saturated carbocycles. The molecule has 1 saturated heterocycles. The second-order valence-corrected chi connectivity index (χ2v) is 8.05. The summed E-state index contributed by atoms with van der Waals surface area (Å²) < 4.78 is 13.5. The van der Waals surface area contributed by atoms with Gasteiger partial charge in [-0.25, -0.2) is 9.37 Å². The minimum absolute atomic E-state index is 0.259. The van der Waals surface area contributed by atoms with Crippen LogP contribution in [-0.2, 0) is 0 Å². The summed E-state index contributed by atoms with van der Waals surface area (Å²) in [7, 11) is 0. The van der Waals surface area contributed by atoms with E-state index >= 15 is 0 Å². The molecule has 0 spiro atoms. The highest BCUT2D eigenvalue weighted by atomic mass is 19.1. The minimum Gasteiger partial charge on any atom is -0.359 e. The lowest BCUT2D eigenvalue weighted by molar-refractivity contribution is 0.103. The van der Waals surface area contributed by atoms with Gasteiger partial charge >= 0.3 is 0 Å². The molecule has 1 unspecified atom stereocenters. The van der Waals surface area contributed by atoms with E-state index in [-0.39, 0.29) is 5.78 Å². The number of nitrogens with zero attached hydrogens (tertiary/aromatic N) is 2. The van der Waals surface area contributed by atoms with Gasteiger partial charge in [-0.15, -0.1) is 0 Å². The molecule has 4 heterocycles. The molecule has 1 fully saturated rings. The molecular formula is C24H24FN3O. The van der Waals surface area contributed by atoms with Gasteiger partial charge in [-0.3, -0.25) is 9.69 Å². The minimum atomic E-state index is -0.417. The van der Waals surface area contributed by atoms with Crippen molar-refractivity contribution in [3.8, 4) is 0 Å². The fraction of sp³-hybridized carbons (Fsp3) is 0.333. The standard InChI is InChI=1S/C24H24FN3O/c25-18-5-3-4-17(14-18)24(29)22-10-9-21-23(27-22)20(15-26-21)16-7-8-19-6-1-2-12-28(19)13-11-16/h3-5,9-11,14-15,19,26H,1-2,6-8,12-13H2. The first-order valence-electron chi connectivity index (χ1n) is 10.4. The van der Waals surface area contributed by atoms with E-state index < -0.39 is 5.82 Å². The molecule has 2 aliphatic heterocycles. The molecule has 148 valence electrons. The fourth-order valence-electron chi connectivity index (χ4n) is 4.67. The summed E-state index contributed by atoms with van der Waals surface area (Å²) in [5.74, 6) is -0.676. The number of halogens is 1. The highest BCUT2D eigenvalue weighted by Crippen LogP contribution is 2.32. The molecule has 4 nitrogen and oxygen atoms in total. The Morgan fingerprint density at radius 2 is 2.10 bits per heavy atom. The van der Waals surface area contributed by atoms with E-state index in [0.717, 1.165) is 29.6 Å². The Balaban J connectivity index is 1.48. The number of fused-ring (bicyclic) bond motifs is 2. The molecule has 29 heavy (non-hydrogen) atoms. The molecule has 0 aliphatic carbocycles. The maximum Gasteiger partial charge on any atom is 0.211 e. The van der Waals surface area contributed by atoms with Crippen molar-refractivity contribution in [2.45, 2.75) is 38.1 Å². The van der Waals surface area contributed by atoms with Crippen molar-refractivity contribution in [2.24, 2.45) is 0 Å². The highest BCUT2D eigenvalue weighted by molar-refractivity contribution is 6.08. The second-order valence-electron chi connectivity index (χ2n) is 8.05. The molecule has 0 radical (unpaired) electrons. The van der Waals surface area contributed by atoms with Crippen LogP contribution in [0.5, 0.6) is 0 Å². The predicted octanol–water partition coefficient (Wildman–Crippen LogP) is 4.96. The topological polar surface area (TPSA) is 49.0 Å². The number of aromatic amines is 1. The van der Waals surface area contributed by atoms with Crippen molar-refractivity contribution >= 4 is 22.4 Å². The van der Waals surface area contributed by atoms with E-state index in [1.807, 2.05) is 12.3 Å². The van der Waals surface area contributed by atoms with Crippen LogP contribution in [0, 0.1) is 5.82 Å². The third kappa shape index (κ3) is 3.51. The molecule has 0 bridgehead atoms. The Kier molecular flexibility index (Phi) is 4.76. The molecule has 5 rings (SSSR count). The van der Waals surface area contributed by atoms with Crippen LogP contribution >= 0.6 is 0 Å². The monoisotopic (exact) mass is 389 g/mol. The normalized spacial score (nSPS) is 20.2. The molecule has 2 aromatic heterocycles. The number of ketones is 1. The van der Waals surface area contributed by atoms with Gasteiger partial charge in [0, 0.05) is 29.9 Å². The Morgan fingerprint density at radius 1 is 1.17 bits per heavy atom. The summed E-state index contributed by atoms with van der Waals surface area (Å²) in [4.78, 5) is 23.4. The SMILES string of the molecule is O=C(c1cccc(F)c1)c1ccc2[nH]cc(C3=CCN4CCCCC4CC3)c2n1. The van der Waals surface area contributed by atoms with Crippen LogP contribution in [0.4, 0.5) is 4.39 Å². The average molecular weight is 389 g/mol. The van der Waals surface area contributed by atoms with Crippen LogP contribution in [0.15, 0.2) is 48.7 Å². The van der Waals surface area contributed by atoms with Crippen LogP contribution in [0.1, 0.15) is 53.7 Å². The molecular weight excluding hydrogens is 365 g/mol. The third-order valence-corrected chi connectivity index (χ3v) is 6.26. The first-order chi connectivity index (χ1) is 14.2. The smallest absolute Gasteiger partial charge is 0.211 e. The molecule has 1 atom stereocenters. The first kappa shape index (κ1) is 18.3. The lowest BCUT2D eigenvalue weighted by Gasteiger charge is -2.33. The quantitative estimate of drug-likeness (QED) is 0.644. The lowest BCUT2D eigenvalue weighted by atomic mass is 9.96. The van der Waals surface area contributed by atoms with Crippen molar-refractivity contribution in [1.29, 1.82) is 0 Å². The summed E-state index contributed by atoms with van der Waals surface area (Å²) in [5, 5.41) is 0. The van der Waals surface area contributed by atoms with Crippen LogP contribution in [0.2, 0.25) is 0 Å². The van der Waals surface area contributed by atoms with E-state index in [1.54, 1.807) is 18.2 Å². The summed E-state index contributed by atoms with van der Waals surface area (Å²) in [6.07, 6.45) is 10.4. The lowest BCUT2D eigenvalue weighted by Crippen LogP contribution is -2.38. The number of carbonyl (C=O) groups is 1. The van der Waals surface area contributed by atoms with E-state index in [9.17, 15) is 9.18 Å². The fourth-order valence-corrected chi connectivity index (χ4v) is 4.67. The largest absolute Gasteiger partial charge is 0.359 e. The highest BCUT2D eigenvalue weighted by Gasteiger charge is 2.25. The van der Waals surface area contributed by atoms with Crippen molar-refractivity contribution < 1.29 is 9.18 Å². The zero-order valence-electron chi connectivity index (χ0n) is 16.3. The number of hydrogen-bond acceptors (Lipinski definition) is 3. The van der Waals surface area contributed by atoms with Gasteiger partial charge in [0.25, 0.3) is 0 Å². The Labute approximate surface area is 169 Å². The molecule has 5 heteroatoms. The van der Waals surface area contributed by atoms with Gasteiger partial charge in [-0.1, -0.05) is 24.6 Å². The van der Waals surface area contributed by atoms with Gasteiger partial charge in [-0.05, 0) is 62.1 Å². The molecule has 0 amide bonds. The Bertz CT molecular complexity index is 1100. The molecule has 3 aromatic rings. The number of pyridine rings is 1. The number of allylic oxidation sites excluding steroid dienone is 1. The van der Waals surface area contributed by atoms with Gasteiger partial charge in [0.1, 0.15) is 11.5 Å². The van der Waals surface area contributed by atoms with E-state index in [1.165, 1.54) is 49.9 Å². The number of benzene rings is 1. The van der Waals surface area contributed by atoms with Crippen LogP contribution in [-0.4, -0.2) is 39.8 Å². The van der Waals surface area contributed by atoms with Crippen LogP contribution in [0.25, 0.3) is 16.6 Å². The number of rotatable bonds is 3. The zero-order valence-corrected chi connectivity index (χ0v) is 16.3. The van der Waals surface area contributed by atoms with E-state index in [4.69, 9.17) is 0 Å². The van der Waals surface area contributed by atoms with Crippen molar-refractivity contribution in [3.63, 3.8) is 0 Å². The summed E-state index contributed by atoms with van der Waals surface area (Å²) in [6, 6.07) is 10.0. The van der Waals surface area contributed by atoms with Gasteiger partial charge < -0.3 is 4.98 Å². The Morgan fingerprint density at radius 3 is 3.00 bits per heavy atom. The third-order valence-electron chi connectivity index (χ3n) is 6.26. The number of carbonyl (C=O) groups excluding carboxylic acids is 1. The first-order valence-corrected chi connectivity index (χ1v) is 10.4. The van der Waals surface area contributed by atoms with Crippen molar-refractivity contribution in [3.05, 3.63) is 71.3 Å². The second kappa shape index (κ2) is 7.56. The summed E-state index contributed by atoms with van der Waals surface area (Å²) >= 11 is 0. The average Bonchev–Trinajstić information content (AvgIpc) is 3.05. The molecule has 2 aliphatic rings. The van der Waals surface area contributed by atoms with Crippen molar-refractivity contribution in [1.82, 2.24) is 14.9 Å². The predicted molar refractivity (Wildman–Crippen MR) is 112 cm³/mol. The number of hydrogen-bond donors (Lipinski definition) is 1. The number of nitrogens with one attached hydrogen (secondary N) is 1. The number of piperidine rings is 1. The summed E-state index contributed by atoms with van der Waals surface area (Å²) in [6.45, 7) is 2.17. The van der Waals surface area contributed by atoms with E-state index in [2.05, 4.69) is 20.9 Å². The maximum atomic E-state index is 13.5. The number of H-pyrrole nitrogens is 1. The van der Waals surface area contributed by atoms with E-state index in [0.29, 0.717) is 17.3 Å². The molecule has 1 aromatic carbocycles. The molecule has 1 N–H and O–H groups in total. The van der Waals surface area contributed by atoms with Gasteiger partial charge in [0.05, 0.1) is 11.0 Å². The van der Waals surface area contributed by atoms with Gasteiger partial charge in [0.2, 0.25) is 5.78 Å². The van der Waals surface area contributed by atoms with Gasteiger partial charge in [-0.2, -0.15) is 0 Å². The number of aromatic nitrogens is 2. The zero-order chi connectivity index (χ0) is 19.8. The van der Waals surface area contributed by atoms with Gasteiger partial charge in [0.15, 0.2) is 0 Å². The Hall–Kier alpha value is -2.79. The maximum absolute atomic E-state index is 13.5.